The molecule has 1 amide bonds. The molecule has 0 saturated heterocycles. The Morgan fingerprint density at radius 3 is 2.70 bits per heavy atom. The first kappa shape index (κ1) is 17.7. The summed E-state index contributed by atoms with van der Waals surface area (Å²) in [6, 6.07) is 7.51. The van der Waals surface area contributed by atoms with Gasteiger partial charge in [0.25, 0.3) is 0 Å². The number of anilines is 1. The predicted octanol–water partition coefficient (Wildman–Crippen LogP) is 3.21. The summed E-state index contributed by atoms with van der Waals surface area (Å²) in [5.41, 5.74) is 4.87. The van der Waals surface area contributed by atoms with Crippen LogP contribution >= 0.6 is 0 Å². The van der Waals surface area contributed by atoms with Crippen molar-refractivity contribution in [3.63, 3.8) is 0 Å². The zero-order valence-electron chi connectivity index (χ0n) is 16.1. The number of carbonyl (C=O) groups is 1. The lowest BCUT2D eigenvalue weighted by atomic mass is 9.90. The second kappa shape index (κ2) is 6.78. The molecule has 27 heavy (non-hydrogen) atoms. The summed E-state index contributed by atoms with van der Waals surface area (Å²) < 4.78 is 16.8. The van der Waals surface area contributed by atoms with Gasteiger partial charge in [0.15, 0.2) is 11.5 Å². The van der Waals surface area contributed by atoms with Crippen LogP contribution in [0.2, 0.25) is 0 Å². The summed E-state index contributed by atoms with van der Waals surface area (Å²) in [7, 11) is 3.56. The van der Waals surface area contributed by atoms with Crippen molar-refractivity contribution in [1.82, 2.24) is 4.90 Å². The van der Waals surface area contributed by atoms with Gasteiger partial charge in [0.1, 0.15) is 6.04 Å². The molecular weight excluding hydrogens is 344 g/mol. The number of hydrogen-bond acceptors (Lipinski definition) is 5. The molecule has 0 unspecified atom stereocenters. The number of para-hydroxylation sites is 1. The fraction of sp³-hybridized carbons (Fsp3) is 0.381. The maximum Gasteiger partial charge on any atom is 0.246 e. The fourth-order valence-corrected chi connectivity index (χ4v) is 3.97. The van der Waals surface area contributed by atoms with Gasteiger partial charge < -0.3 is 19.5 Å². The first-order chi connectivity index (χ1) is 13.0. The van der Waals surface area contributed by atoms with Crippen molar-refractivity contribution < 1.29 is 19.0 Å². The van der Waals surface area contributed by atoms with Gasteiger partial charge in [-0.25, -0.2) is 0 Å². The quantitative estimate of drug-likeness (QED) is 0.902. The average molecular weight is 368 g/mol. The molecule has 2 aliphatic heterocycles. The van der Waals surface area contributed by atoms with Crippen molar-refractivity contribution in [3.8, 4) is 17.2 Å². The lowest BCUT2D eigenvalue weighted by Gasteiger charge is -2.35. The van der Waals surface area contributed by atoms with Gasteiger partial charge in [0, 0.05) is 17.8 Å². The standard InChI is InChI=1S/C21H24N2O4/c1-12-6-5-7-13(2)17(12)22-21(24)18-16-14(8-9-23(18)3)10-15-19(20(16)25-4)27-11-26-15/h5-7,10,18H,8-9,11H2,1-4H3,(H,22,24)/t18-/m1/s1. The van der Waals surface area contributed by atoms with Crippen molar-refractivity contribution in [1.29, 1.82) is 0 Å². The number of hydrogen-bond donors (Lipinski definition) is 1. The zero-order chi connectivity index (χ0) is 19.1. The van der Waals surface area contributed by atoms with Gasteiger partial charge in [-0.05, 0) is 50.1 Å². The van der Waals surface area contributed by atoms with E-state index in [0.29, 0.717) is 17.2 Å². The SMILES string of the molecule is COc1c2c(cc3c1[C@H](C(=O)Nc1c(C)cccc1C)N(C)CC3)OCO2. The van der Waals surface area contributed by atoms with E-state index in [1.165, 1.54) is 0 Å². The maximum absolute atomic E-state index is 13.3. The van der Waals surface area contributed by atoms with Crippen molar-refractivity contribution >= 4 is 11.6 Å². The van der Waals surface area contributed by atoms with Crippen LogP contribution in [0.3, 0.4) is 0 Å². The number of fused-ring (bicyclic) bond motifs is 2. The second-order valence-corrected chi connectivity index (χ2v) is 7.11. The fourth-order valence-electron chi connectivity index (χ4n) is 3.97. The van der Waals surface area contributed by atoms with Gasteiger partial charge in [0.05, 0.1) is 7.11 Å². The number of methoxy groups -OCH3 is 1. The molecule has 0 radical (unpaired) electrons. The number of aryl methyl sites for hydroxylation is 2. The van der Waals surface area contributed by atoms with Crippen molar-refractivity contribution in [2.24, 2.45) is 0 Å². The first-order valence-electron chi connectivity index (χ1n) is 9.08. The van der Waals surface area contributed by atoms with E-state index in [2.05, 4.69) is 10.2 Å². The Morgan fingerprint density at radius 2 is 2.00 bits per heavy atom. The van der Waals surface area contributed by atoms with Crippen molar-refractivity contribution in [2.75, 3.05) is 32.8 Å². The maximum atomic E-state index is 13.3. The lowest BCUT2D eigenvalue weighted by molar-refractivity contribution is -0.121. The highest BCUT2D eigenvalue weighted by atomic mass is 16.7. The molecule has 0 fully saturated rings. The minimum absolute atomic E-state index is 0.0759. The van der Waals surface area contributed by atoms with Crippen LogP contribution in [0, 0.1) is 13.8 Å². The van der Waals surface area contributed by atoms with E-state index in [4.69, 9.17) is 14.2 Å². The van der Waals surface area contributed by atoms with Crippen LogP contribution in [-0.4, -0.2) is 38.3 Å². The number of nitrogens with one attached hydrogen (secondary N) is 1. The van der Waals surface area contributed by atoms with Gasteiger partial charge in [-0.2, -0.15) is 0 Å². The van der Waals surface area contributed by atoms with Crippen LogP contribution in [0.1, 0.15) is 28.3 Å². The zero-order valence-corrected chi connectivity index (χ0v) is 16.1. The average Bonchev–Trinajstić information content (AvgIpc) is 3.11. The van der Waals surface area contributed by atoms with Gasteiger partial charge in [-0.3, -0.25) is 9.69 Å². The molecule has 6 nitrogen and oxygen atoms in total. The van der Waals surface area contributed by atoms with Gasteiger partial charge >= 0.3 is 0 Å². The summed E-state index contributed by atoms with van der Waals surface area (Å²) >= 11 is 0. The van der Waals surface area contributed by atoms with Crippen LogP contribution in [0.4, 0.5) is 5.69 Å². The Bertz CT molecular complexity index is 889. The molecule has 6 heteroatoms. The smallest absolute Gasteiger partial charge is 0.246 e. The van der Waals surface area contributed by atoms with Gasteiger partial charge in [-0.1, -0.05) is 18.2 Å². The molecule has 0 spiro atoms. The largest absolute Gasteiger partial charge is 0.492 e. The predicted molar refractivity (Wildman–Crippen MR) is 103 cm³/mol. The third-order valence-corrected chi connectivity index (χ3v) is 5.37. The summed E-state index contributed by atoms with van der Waals surface area (Å²) in [5, 5.41) is 3.13. The van der Waals surface area contributed by atoms with E-state index < -0.39 is 6.04 Å². The number of carbonyl (C=O) groups excluding carboxylic acids is 1. The highest BCUT2D eigenvalue weighted by Gasteiger charge is 2.37. The number of likely N-dealkylation sites (N-methyl/N-ethyl adjacent to an activating group) is 1. The van der Waals surface area contributed by atoms with Crippen LogP contribution < -0.4 is 19.5 Å². The Morgan fingerprint density at radius 1 is 1.26 bits per heavy atom. The number of ether oxygens (including phenoxy) is 3. The second-order valence-electron chi connectivity index (χ2n) is 7.11. The molecule has 2 aromatic rings. The minimum atomic E-state index is -0.461. The minimum Gasteiger partial charge on any atom is -0.492 e. The van der Waals surface area contributed by atoms with E-state index in [9.17, 15) is 4.79 Å². The number of amides is 1. The van der Waals surface area contributed by atoms with Crippen LogP contribution in [0.5, 0.6) is 17.2 Å². The van der Waals surface area contributed by atoms with E-state index in [0.717, 1.165) is 40.9 Å². The van der Waals surface area contributed by atoms with E-state index in [-0.39, 0.29) is 12.7 Å². The molecule has 2 heterocycles. The van der Waals surface area contributed by atoms with Crippen LogP contribution in [-0.2, 0) is 11.2 Å². The summed E-state index contributed by atoms with van der Waals surface area (Å²) in [6.45, 7) is 4.95. The topological polar surface area (TPSA) is 60.0 Å². The number of rotatable bonds is 3. The van der Waals surface area contributed by atoms with Gasteiger partial charge in [-0.15, -0.1) is 0 Å². The molecule has 0 aromatic heterocycles. The Balaban J connectivity index is 1.77. The highest BCUT2D eigenvalue weighted by molar-refractivity contribution is 5.98. The normalized spacial score (nSPS) is 18.1. The third-order valence-electron chi connectivity index (χ3n) is 5.37. The molecule has 1 N–H and O–H groups in total. The van der Waals surface area contributed by atoms with Crippen LogP contribution in [0.15, 0.2) is 24.3 Å². The van der Waals surface area contributed by atoms with E-state index in [1.807, 2.05) is 45.2 Å². The summed E-state index contributed by atoms with van der Waals surface area (Å²) in [4.78, 5) is 15.4. The molecule has 2 aromatic carbocycles. The highest BCUT2D eigenvalue weighted by Crippen LogP contribution is 2.49. The van der Waals surface area contributed by atoms with E-state index in [1.54, 1.807) is 7.11 Å². The third kappa shape index (κ3) is 2.90. The number of benzene rings is 2. The molecular formula is C21H24N2O4. The van der Waals surface area contributed by atoms with E-state index >= 15 is 0 Å². The Labute approximate surface area is 159 Å². The van der Waals surface area contributed by atoms with Crippen LogP contribution in [0.25, 0.3) is 0 Å². The molecule has 142 valence electrons. The van der Waals surface area contributed by atoms with Crippen molar-refractivity contribution in [3.05, 3.63) is 46.5 Å². The summed E-state index contributed by atoms with van der Waals surface area (Å²) in [6.07, 6.45) is 0.825. The van der Waals surface area contributed by atoms with Crippen molar-refractivity contribution in [2.45, 2.75) is 26.3 Å². The Hall–Kier alpha value is -2.73. The monoisotopic (exact) mass is 368 g/mol. The molecule has 4 rings (SSSR count). The van der Waals surface area contributed by atoms with Gasteiger partial charge in [0.2, 0.25) is 18.4 Å². The molecule has 0 bridgehead atoms. The lowest BCUT2D eigenvalue weighted by Crippen LogP contribution is -2.40. The molecule has 1 atom stereocenters. The molecule has 0 saturated carbocycles. The summed E-state index contributed by atoms with van der Waals surface area (Å²) in [5.74, 6) is 1.78. The Kier molecular flexibility index (Phi) is 4.44. The number of nitrogens with zero attached hydrogens (tertiary/aromatic N) is 1. The molecule has 0 aliphatic carbocycles. The first-order valence-corrected chi connectivity index (χ1v) is 9.08. The molecule has 2 aliphatic rings.